The Kier molecular flexibility index (Phi) is 6.20. The van der Waals surface area contributed by atoms with Crippen molar-refractivity contribution in [3.05, 3.63) is 81.3 Å². The van der Waals surface area contributed by atoms with Gasteiger partial charge in [-0.15, -0.1) is 11.3 Å². The number of aromatic nitrogens is 2. The Morgan fingerprint density at radius 3 is 2.70 bits per heavy atom. The van der Waals surface area contributed by atoms with Gasteiger partial charge in [0, 0.05) is 53.6 Å². The molecule has 1 aliphatic heterocycles. The maximum Gasteiger partial charge on any atom is 0.252 e. The first kappa shape index (κ1) is 21.7. The minimum atomic E-state index is -0.00243. The lowest BCUT2D eigenvalue weighted by molar-refractivity contribution is 0.0953. The lowest BCUT2D eigenvalue weighted by Gasteiger charge is -2.29. The Balaban J connectivity index is 1.32. The van der Waals surface area contributed by atoms with Gasteiger partial charge in [-0.2, -0.15) is 0 Å². The summed E-state index contributed by atoms with van der Waals surface area (Å²) < 4.78 is 0. The molecule has 5 rings (SSSR count). The minimum absolute atomic E-state index is 0.00243. The zero-order valence-electron chi connectivity index (χ0n) is 19.1. The molecule has 0 unspecified atom stereocenters. The van der Waals surface area contributed by atoms with Crippen LogP contribution in [0.5, 0.6) is 0 Å². The fourth-order valence-electron chi connectivity index (χ4n) is 4.52. The second kappa shape index (κ2) is 9.41. The fraction of sp³-hybridized carbons (Fsp3) is 0.296. The standard InChI is InChI=1S/C27H28N4OS/c1-3-31-15-13-24-22(16-31)26(21-6-4-5-7-23(21)30-24)27(32)28-14-12-19-8-10-20(11-9-19)25-17-33-18(2)29-25/h4-11,17H,3,12-16H2,1-2H3,(H,28,32). The van der Waals surface area contributed by atoms with E-state index in [2.05, 4.69) is 51.8 Å². The van der Waals surface area contributed by atoms with E-state index in [0.717, 1.165) is 76.5 Å². The average Bonchev–Trinajstić information content (AvgIpc) is 3.28. The van der Waals surface area contributed by atoms with Crippen molar-refractivity contribution in [3.63, 3.8) is 0 Å². The molecule has 0 bridgehead atoms. The summed E-state index contributed by atoms with van der Waals surface area (Å²) in [5, 5.41) is 7.28. The van der Waals surface area contributed by atoms with Crippen molar-refractivity contribution in [2.45, 2.75) is 33.2 Å². The number of benzene rings is 2. The van der Waals surface area contributed by atoms with Crippen LogP contribution in [0.1, 0.15) is 39.1 Å². The fourth-order valence-corrected chi connectivity index (χ4v) is 5.14. The highest BCUT2D eigenvalue weighted by Gasteiger charge is 2.25. The highest BCUT2D eigenvalue weighted by atomic mass is 32.1. The van der Waals surface area contributed by atoms with Crippen LogP contribution in [0.25, 0.3) is 22.2 Å². The lowest BCUT2D eigenvalue weighted by Crippen LogP contribution is -2.34. The Bertz CT molecular complexity index is 1300. The van der Waals surface area contributed by atoms with E-state index in [1.807, 2.05) is 31.2 Å². The molecule has 3 heterocycles. The van der Waals surface area contributed by atoms with Crippen molar-refractivity contribution >= 4 is 28.1 Å². The van der Waals surface area contributed by atoms with Crippen LogP contribution in [0.3, 0.4) is 0 Å². The normalized spacial score (nSPS) is 13.8. The number of pyridine rings is 1. The number of nitrogens with zero attached hydrogens (tertiary/aromatic N) is 3. The molecular weight excluding hydrogens is 428 g/mol. The number of carbonyl (C=O) groups is 1. The Labute approximate surface area is 198 Å². The van der Waals surface area contributed by atoms with Gasteiger partial charge in [0.05, 0.1) is 21.8 Å². The number of para-hydroxylation sites is 1. The smallest absolute Gasteiger partial charge is 0.252 e. The number of hydrogen-bond donors (Lipinski definition) is 1. The van der Waals surface area contributed by atoms with Gasteiger partial charge in [-0.1, -0.05) is 49.4 Å². The van der Waals surface area contributed by atoms with Crippen molar-refractivity contribution in [2.24, 2.45) is 0 Å². The number of hydrogen-bond acceptors (Lipinski definition) is 5. The minimum Gasteiger partial charge on any atom is -0.352 e. The van der Waals surface area contributed by atoms with Gasteiger partial charge in [-0.3, -0.25) is 14.7 Å². The summed E-state index contributed by atoms with van der Waals surface area (Å²) in [6.45, 7) is 7.53. The number of likely N-dealkylation sites (N-methyl/N-ethyl adjacent to an activating group) is 1. The Hall–Kier alpha value is -3.09. The molecule has 0 radical (unpaired) electrons. The van der Waals surface area contributed by atoms with E-state index >= 15 is 0 Å². The van der Waals surface area contributed by atoms with Crippen molar-refractivity contribution in [1.29, 1.82) is 0 Å². The zero-order chi connectivity index (χ0) is 22.8. The third-order valence-corrected chi connectivity index (χ3v) is 7.14. The number of nitrogens with one attached hydrogen (secondary N) is 1. The second-order valence-corrected chi connectivity index (χ2v) is 9.56. The molecule has 0 fully saturated rings. The number of aryl methyl sites for hydroxylation is 1. The lowest BCUT2D eigenvalue weighted by atomic mass is 9.95. The molecule has 4 aromatic rings. The molecule has 0 spiro atoms. The van der Waals surface area contributed by atoms with Crippen LogP contribution in [0, 0.1) is 6.92 Å². The first-order valence-corrected chi connectivity index (χ1v) is 12.4. The van der Waals surface area contributed by atoms with Gasteiger partial charge in [-0.25, -0.2) is 4.98 Å². The summed E-state index contributed by atoms with van der Waals surface area (Å²) in [5.74, 6) is -0.00243. The van der Waals surface area contributed by atoms with Crippen LogP contribution in [0.2, 0.25) is 0 Å². The molecule has 5 nitrogen and oxygen atoms in total. The first-order chi connectivity index (χ1) is 16.1. The molecule has 33 heavy (non-hydrogen) atoms. The van der Waals surface area contributed by atoms with Gasteiger partial charge in [0.15, 0.2) is 0 Å². The van der Waals surface area contributed by atoms with Crippen LogP contribution in [-0.4, -0.2) is 40.4 Å². The largest absolute Gasteiger partial charge is 0.352 e. The van der Waals surface area contributed by atoms with Gasteiger partial charge in [0.1, 0.15) is 0 Å². The SMILES string of the molecule is CCN1CCc2nc3ccccc3c(C(=O)NCCc3ccc(-c4csc(C)n4)cc3)c2C1. The van der Waals surface area contributed by atoms with E-state index in [1.54, 1.807) is 11.3 Å². The number of carbonyl (C=O) groups excluding carboxylic acids is 1. The molecule has 0 saturated heterocycles. The summed E-state index contributed by atoms with van der Waals surface area (Å²) in [7, 11) is 0. The van der Waals surface area contributed by atoms with Crippen LogP contribution in [0.4, 0.5) is 0 Å². The molecule has 168 valence electrons. The van der Waals surface area contributed by atoms with Crippen molar-refractivity contribution in [1.82, 2.24) is 20.2 Å². The molecule has 0 atom stereocenters. The molecule has 1 N–H and O–H groups in total. The van der Waals surface area contributed by atoms with Crippen LogP contribution in [-0.2, 0) is 19.4 Å². The van der Waals surface area contributed by atoms with Gasteiger partial charge in [-0.05, 0) is 31.5 Å². The van der Waals surface area contributed by atoms with E-state index in [-0.39, 0.29) is 5.91 Å². The van der Waals surface area contributed by atoms with Crippen molar-refractivity contribution in [3.8, 4) is 11.3 Å². The predicted molar refractivity (Wildman–Crippen MR) is 135 cm³/mol. The monoisotopic (exact) mass is 456 g/mol. The maximum absolute atomic E-state index is 13.4. The van der Waals surface area contributed by atoms with Crippen LogP contribution in [0.15, 0.2) is 53.9 Å². The van der Waals surface area contributed by atoms with Gasteiger partial charge < -0.3 is 5.32 Å². The summed E-state index contributed by atoms with van der Waals surface area (Å²) in [6, 6.07) is 16.5. The molecule has 2 aromatic heterocycles. The average molecular weight is 457 g/mol. The highest BCUT2D eigenvalue weighted by Crippen LogP contribution is 2.28. The third kappa shape index (κ3) is 4.54. The van der Waals surface area contributed by atoms with Crippen LogP contribution >= 0.6 is 11.3 Å². The number of thiazole rings is 1. The highest BCUT2D eigenvalue weighted by molar-refractivity contribution is 7.09. The summed E-state index contributed by atoms with van der Waals surface area (Å²) >= 11 is 1.66. The van der Waals surface area contributed by atoms with Crippen molar-refractivity contribution < 1.29 is 4.79 Å². The van der Waals surface area contributed by atoms with Gasteiger partial charge in [0.25, 0.3) is 5.91 Å². The number of fused-ring (bicyclic) bond motifs is 2. The maximum atomic E-state index is 13.4. The van der Waals surface area contributed by atoms with Gasteiger partial charge >= 0.3 is 0 Å². The summed E-state index contributed by atoms with van der Waals surface area (Å²) in [5.41, 5.74) is 7.20. The molecule has 2 aromatic carbocycles. The Morgan fingerprint density at radius 2 is 1.94 bits per heavy atom. The number of amides is 1. The zero-order valence-corrected chi connectivity index (χ0v) is 19.9. The quantitative estimate of drug-likeness (QED) is 0.443. The van der Waals surface area contributed by atoms with E-state index in [9.17, 15) is 4.79 Å². The second-order valence-electron chi connectivity index (χ2n) is 8.50. The van der Waals surface area contributed by atoms with Crippen molar-refractivity contribution in [2.75, 3.05) is 19.6 Å². The third-order valence-electron chi connectivity index (χ3n) is 6.37. The topological polar surface area (TPSA) is 58.1 Å². The van der Waals surface area contributed by atoms with E-state index < -0.39 is 0 Å². The van der Waals surface area contributed by atoms with Gasteiger partial charge in [0.2, 0.25) is 0 Å². The predicted octanol–water partition coefficient (Wildman–Crippen LogP) is 5.02. The molecule has 1 amide bonds. The van der Waals surface area contributed by atoms with E-state index in [4.69, 9.17) is 4.98 Å². The molecule has 0 saturated carbocycles. The summed E-state index contributed by atoms with van der Waals surface area (Å²) in [4.78, 5) is 25.2. The first-order valence-electron chi connectivity index (χ1n) is 11.5. The molecule has 0 aliphatic carbocycles. The van der Waals surface area contributed by atoms with Crippen LogP contribution < -0.4 is 5.32 Å². The molecule has 1 aliphatic rings. The van der Waals surface area contributed by atoms with E-state index in [0.29, 0.717) is 6.54 Å². The van der Waals surface area contributed by atoms with E-state index in [1.165, 1.54) is 5.56 Å². The number of rotatable bonds is 6. The molecular formula is C27H28N4OS. The summed E-state index contributed by atoms with van der Waals surface area (Å²) in [6.07, 6.45) is 1.67. The molecule has 6 heteroatoms. The Morgan fingerprint density at radius 1 is 1.12 bits per heavy atom.